The summed E-state index contributed by atoms with van der Waals surface area (Å²) < 4.78 is 15.8. The van der Waals surface area contributed by atoms with Crippen LogP contribution in [0.4, 0.5) is 0 Å². The van der Waals surface area contributed by atoms with E-state index < -0.39 is 0 Å². The second kappa shape index (κ2) is 6.90. The van der Waals surface area contributed by atoms with Crippen LogP contribution in [-0.4, -0.2) is 38.3 Å². The second-order valence-electron chi connectivity index (χ2n) is 4.35. The first kappa shape index (κ1) is 15.1. The van der Waals surface area contributed by atoms with Gasteiger partial charge in [0.1, 0.15) is 17.8 Å². The Morgan fingerprint density at radius 2 is 1.57 bits per heavy atom. The number of nitrogens with zero attached hydrogens (tertiary/aromatic N) is 2. The maximum Gasteiger partial charge on any atom is 0.216 e. The molecule has 112 valence electrons. The van der Waals surface area contributed by atoms with Crippen LogP contribution in [0.1, 0.15) is 17.3 Å². The second-order valence-corrected chi connectivity index (χ2v) is 4.35. The first-order valence-electron chi connectivity index (χ1n) is 6.48. The summed E-state index contributed by atoms with van der Waals surface area (Å²) in [5.41, 5.74) is 1.79. The molecule has 0 aliphatic carbocycles. The fourth-order valence-corrected chi connectivity index (χ4v) is 2.10. The number of hydrogen-bond donors (Lipinski definition) is 1. The largest absolute Gasteiger partial charge is 0.497 e. The van der Waals surface area contributed by atoms with Gasteiger partial charge < -0.3 is 19.5 Å². The van der Waals surface area contributed by atoms with Crippen LogP contribution in [0.15, 0.2) is 30.6 Å². The molecule has 0 bridgehead atoms. The van der Waals surface area contributed by atoms with Crippen LogP contribution < -0.4 is 19.5 Å². The highest BCUT2D eigenvalue weighted by molar-refractivity contribution is 5.42. The molecule has 0 saturated heterocycles. The molecule has 0 aliphatic heterocycles. The van der Waals surface area contributed by atoms with Crippen molar-refractivity contribution in [2.75, 3.05) is 28.4 Å². The highest BCUT2D eigenvalue weighted by Gasteiger charge is 2.16. The van der Waals surface area contributed by atoms with Crippen molar-refractivity contribution in [3.63, 3.8) is 0 Å². The molecule has 1 heterocycles. The molecule has 0 aliphatic rings. The third-order valence-corrected chi connectivity index (χ3v) is 3.16. The molecule has 1 aromatic heterocycles. The predicted octanol–water partition coefficient (Wildman–Crippen LogP) is 1.81. The van der Waals surface area contributed by atoms with E-state index in [0.717, 1.165) is 22.8 Å². The summed E-state index contributed by atoms with van der Waals surface area (Å²) in [5.74, 6) is 1.98. The summed E-state index contributed by atoms with van der Waals surface area (Å²) in [4.78, 5) is 8.34. The molecule has 0 fully saturated rings. The van der Waals surface area contributed by atoms with E-state index in [4.69, 9.17) is 14.2 Å². The SMILES string of the molecule is CNC(c1cc(OC)cc(OC)c1)c1cc(OC)ncn1. The molecule has 6 heteroatoms. The fraction of sp³-hybridized carbons (Fsp3) is 0.333. The van der Waals surface area contributed by atoms with Crippen LogP contribution >= 0.6 is 0 Å². The van der Waals surface area contributed by atoms with Crippen LogP contribution in [0, 0.1) is 0 Å². The van der Waals surface area contributed by atoms with Crippen molar-refractivity contribution in [1.82, 2.24) is 15.3 Å². The zero-order valence-corrected chi connectivity index (χ0v) is 12.6. The van der Waals surface area contributed by atoms with E-state index in [-0.39, 0.29) is 6.04 Å². The number of methoxy groups -OCH3 is 3. The fourth-order valence-electron chi connectivity index (χ4n) is 2.10. The van der Waals surface area contributed by atoms with Gasteiger partial charge in [0.2, 0.25) is 5.88 Å². The highest BCUT2D eigenvalue weighted by atomic mass is 16.5. The molecule has 1 aromatic carbocycles. The maximum absolute atomic E-state index is 5.31. The number of benzene rings is 1. The summed E-state index contributed by atoms with van der Waals surface area (Å²) in [7, 11) is 6.70. The summed E-state index contributed by atoms with van der Waals surface area (Å²) >= 11 is 0. The smallest absolute Gasteiger partial charge is 0.216 e. The highest BCUT2D eigenvalue weighted by Crippen LogP contribution is 2.29. The monoisotopic (exact) mass is 289 g/mol. The predicted molar refractivity (Wildman–Crippen MR) is 79.0 cm³/mol. The Balaban J connectivity index is 2.44. The molecule has 21 heavy (non-hydrogen) atoms. The number of hydrogen-bond acceptors (Lipinski definition) is 6. The van der Waals surface area contributed by atoms with Gasteiger partial charge >= 0.3 is 0 Å². The molecule has 6 nitrogen and oxygen atoms in total. The van der Waals surface area contributed by atoms with Crippen LogP contribution in [-0.2, 0) is 0 Å². The van der Waals surface area contributed by atoms with E-state index in [9.17, 15) is 0 Å². The molecule has 0 saturated carbocycles. The maximum atomic E-state index is 5.31. The Morgan fingerprint density at radius 3 is 2.10 bits per heavy atom. The van der Waals surface area contributed by atoms with Crippen LogP contribution in [0.2, 0.25) is 0 Å². The van der Waals surface area contributed by atoms with Gasteiger partial charge in [-0.2, -0.15) is 0 Å². The first-order valence-corrected chi connectivity index (χ1v) is 6.48. The lowest BCUT2D eigenvalue weighted by Crippen LogP contribution is -2.19. The van der Waals surface area contributed by atoms with Crippen molar-refractivity contribution in [3.8, 4) is 17.4 Å². The number of ether oxygens (including phenoxy) is 3. The van der Waals surface area contributed by atoms with Crippen molar-refractivity contribution in [3.05, 3.63) is 41.9 Å². The minimum atomic E-state index is -0.120. The third kappa shape index (κ3) is 3.41. The van der Waals surface area contributed by atoms with Crippen molar-refractivity contribution in [2.45, 2.75) is 6.04 Å². The van der Waals surface area contributed by atoms with Gasteiger partial charge in [0.05, 0.1) is 33.1 Å². The standard InChI is InChI=1S/C15H19N3O3/c1-16-15(13-8-14(21-4)18-9-17-13)10-5-11(19-2)7-12(6-10)20-3/h5-9,15-16H,1-4H3. The number of rotatable bonds is 6. The van der Waals surface area contributed by atoms with Crippen molar-refractivity contribution in [1.29, 1.82) is 0 Å². The van der Waals surface area contributed by atoms with Gasteiger partial charge in [-0.15, -0.1) is 0 Å². The number of nitrogens with one attached hydrogen (secondary N) is 1. The molecule has 1 N–H and O–H groups in total. The summed E-state index contributed by atoms with van der Waals surface area (Å²) in [5, 5.41) is 3.23. The van der Waals surface area contributed by atoms with Crippen molar-refractivity contribution >= 4 is 0 Å². The molecule has 2 rings (SSSR count). The molecule has 0 amide bonds. The van der Waals surface area contributed by atoms with Gasteiger partial charge in [-0.1, -0.05) is 0 Å². The third-order valence-electron chi connectivity index (χ3n) is 3.16. The topological polar surface area (TPSA) is 65.5 Å². The van der Waals surface area contributed by atoms with Gasteiger partial charge in [0, 0.05) is 12.1 Å². The van der Waals surface area contributed by atoms with Crippen LogP contribution in [0.25, 0.3) is 0 Å². The quantitative estimate of drug-likeness (QED) is 0.875. The van der Waals surface area contributed by atoms with E-state index in [2.05, 4.69) is 15.3 Å². The lowest BCUT2D eigenvalue weighted by molar-refractivity contribution is 0.391. The summed E-state index contributed by atoms with van der Waals surface area (Å²) in [6, 6.07) is 7.39. The van der Waals surface area contributed by atoms with Gasteiger partial charge in [-0.25, -0.2) is 9.97 Å². The minimum Gasteiger partial charge on any atom is -0.497 e. The average molecular weight is 289 g/mol. The van der Waals surface area contributed by atoms with Crippen LogP contribution in [0.5, 0.6) is 17.4 Å². The average Bonchev–Trinajstić information content (AvgIpc) is 2.55. The molecular formula is C15H19N3O3. The Morgan fingerprint density at radius 1 is 0.905 bits per heavy atom. The van der Waals surface area contributed by atoms with E-state index in [0.29, 0.717) is 5.88 Å². The Labute approximate surface area is 124 Å². The van der Waals surface area contributed by atoms with E-state index in [1.165, 1.54) is 6.33 Å². The molecule has 0 radical (unpaired) electrons. The van der Waals surface area contributed by atoms with E-state index >= 15 is 0 Å². The molecule has 2 aromatic rings. The van der Waals surface area contributed by atoms with Gasteiger partial charge in [-0.05, 0) is 24.7 Å². The molecular weight excluding hydrogens is 270 g/mol. The van der Waals surface area contributed by atoms with Crippen LogP contribution in [0.3, 0.4) is 0 Å². The summed E-state index contributed by atoms with van der Waals surface area (Å²) in [6.07, 6.45) is 1.48. The lowest BCUT2D eigenvalue weighted by Gasteiger charge is -2.18. The normalized spacial score (nSPS) is 11.8. The van der Waals surface area contributed by atoms with Gasteiger partial charge in [0.15, 0.2) is 0 Å². The molecule has 0 spiro atoms. The Hall–Kier alpha value is -2.34. The van der Waals surface area contributed by atoms with E-state index in [1.807, 2.05) is 25.2 Å². The molecule has 1 atom stereocenters. The summed E-state index contributed by atoms with van der Waals surface area (Å²) in [6.45, 7) is 0. The van der Waals surface area contributed by atoms with Gasteiger partial charge in [0.25, 0.3) is 0 Å². The number of aromatic nitrogens is 2. The first-order chi connectivity index (χ1) is 10.2. The zero-order valence-electron chi connectivity index (χ0n) is 12.6. The Kier molecular flexibility index (Phi) is 4.94. The van der Waals surface area contributed by atoms with Gasteiger partial charge in [-0.3, -0.25) is 0 Å². The van der Waals surface area contributed by atoms with E-state index in [1.54, 1.807) is 27.4 Å². The van der Waals surface area contributed by atoms with Crippen molar-refractivity contribution < 1.29 is 14.2 Å². The van der Waals surface area contributed by atoms with Crippen molar-refractivity contribution in [2.24, 2.45) is 0 Å². The minimum absolute atomic E-state index is 0.120. The zero-order chi connectivity index (χ0) is 15.2. The lowest BCUT2D eigenvalue weighted by atomic mass is 10.0. The Bertz CT molecular complexity index is 582. The molecule has 1 unspecified atom stereocenters.